The third-order valence-corrected chi connectivity index (χ3v) is 3.10. The van der Waals surface area contributed by atoms with Crippen molar-refractivity contribution in [1.29, 1.82) is 0 Å². The second-order valence-corrected chi connectivity index (χ2v) is 4.52. The van der Waals surface area contributed by atoms with Crippen LogP contribution in [0.5, 0.6) is 0 Å². The third kappa shape index (κ3) is 3.08. The van der Waals surface area contributed by atoms with Gasteiger partial charge in [0.2, 0.25) is 0 Å². The summed E-state index contributed by atoms with van der Waals surface area (Å²) in [5.41, 5.74) is 11.8. The highest BCUT2D eigenvalue weighted by Gasteiger charge is 2.13. The zero-order valence-electron chi connectivity index (χ0n) is 10.2. The second-order valence-electron chi connectivity index (χ2n) is 4.14. The molecule has 0 bridgehead atoms. The summed E-state index contributed by atoms with van der Waals surface area (Å²) in [6, 6.07) is 1.45. The minimum Gasteiger partial charge on any atom is -0.397 e. The lowest BCUT2D eigenvalue weighted by Crippen LogP contribution is -2.10. The molecule has 1 aromatic carbocycles. The molecule has 0 aliphatic heterocycles. The number of aryl methyl sites for hydroxylation is 1. The molecule has 0 unspecified atom stereocenters. The number of nitrogens with zero attached hydrogens (tertiary/aromatic N) is 2. The maximum Gasteiger partial charge on any atom is 0.169 e. The number of rotatable bonds is 5. The molecule has 5 nitrogen and oxygen atoms in total. The van der Waals surface area contributed by atoms with E-state index in [2.05, 4.69) is 10.3 Å². The Balaban J connectivity index is 1.94. The van der Waals surface area contributed by atoms with Crippen molar-refractivity contribution in [3.05, 3.63) is 35.6 Å². The van der Waals surface area contributed by atoms with Gasteiger partial charge in [0.05, 0.1) is 23.4 Å². The van der Waals surface area contributed by atoms with Gasteiger partial charge in [0, 0.05) is 25.5 Å². The molecule has 0 saturated heterocycles. The van der Waals surface area contributed by atoms with E-state index in [-0.39, 0.29) is 22.1 Å². The zero-order valence-corrected chi connectivity index (χ0v) is 11.0. The van der Waals surface area contributed by atoms with Gasteiger partial charge in [-0.1, -0.05) is 11.6 Å². The van der Waals surface area contributed by atoms with Crippen LogP contribution in [0.3, 0.4) is 0 Å². The van der Waals surface area contributed by atoms with E-state index >= 15 is 0 Å². The molecule has 5 N–H and O–H groups in total. The fourth-order valence-electron chi connectivity index (χ4n) is 1.74. The lowest BCUT2D eigenvalue weighted by Gasteiger charge is -2.13. The van der Waals surface area contributed by atoms with Crippen LogP contribution >= 0.6 is 11.6 Å². The van der Waals surface area contributed by atoms with Gasteiger partial charge in [-0.3, -0.25) is 0 Å². The first-order valence-electron chi connectivity index (χ1n) is 5.82. The van der Waals surface area contributed by atoms with Crippen LogP contribution in [-0.4, -0.2) is 16.1 Å². The average Bonchev–Trinajstić information content (AvgIpc) is 2.88. The summed E-state index contributed by atoms with van der Waals surface area (Å²) in [5.74, 6) is -0.609. The van der Waals surface area contributed by atoms with Gasteiger partial charge in [-0.25, -0.2) is 9.37 Å². The Morgan fingerprint density at radius 1 is 1.37 bits per heavy atom. The maximum absolute atomic E-state index is 13.9. The zero-order chi connectivity index (χ0) is 13.8. The Bertz CT molecular complexity index is 556. The van der Waals surface area contributed by atoms with Crippen LogP contribution in [-0.2, 0) is 6.54 Å². The maximum atomic E-state index is 13.9. The summed E-state index contributed by atoms with van der Waals surface area (Å²) >= 11 is 5.74. The summed E-state index contributed by atoms with van der Waals surface area (Å²) in [6.07, 6.45) is 6.12. The van der Waals surface area contributed by atoms with E-state index < -0.39 is 5.82 Å². The smallest absolute Gasteiger partial charge is 0.169 e. The van der Waals surface area contributed by atoms with E-state index in [1.807, 2.05) is 10.8 Å². The molecule has 0 radical (unpaired) electrons. The molecule has 0 aliphatic carbocycles. The van der Waals surface area contributed by atoms with Crippen LogP contribution in [0.25, 0.3) is 0 Å². The van der Waals surface area contributed by atoms with E-state index in [1.54, 1.807) is 12.5 Å². The second kappa shape index (κ2) is 5.79. The molecular weight excluding hydrogens is 269 g/mol. The molecule has 1 heterocycles. The van der Waals surface area contributed by atoms with Gasteiger partial charge in [0.15, 0.2) is 5.82 Å². The average molecular weight is 284 g/mol. The largest absolute Gasteiger partial charge is 0.397 e. The lowest BCUT2D eigenvalue weighted by molar-refractivity contribution is 0.626. The highest BCUT2D eigenvalue weighted by atomic mass is 35.5. The topological polar surface area (TPSA) is 81.9 Å². The quantitative estimate of drug-likeness (QED) is 0.581. The number of anilines is 3. The Kier molecular flexibility index (Phi) is 4.11. The normalized spacial score (nSPS) is 10.6. The minimum atomic E-state index is -0.609. The molecule has 2 rings (SSSR count). The van der Waals surface area contributed by atoms with Gasteiger partial charge in [0.1, 0.15) is 5.02 Å². The summed E-state index contributed by atoms with van der Waals surface area (Å²) in [5, 5.41) is 2.83. The molecule has 0 fully saturated rings. The van der Waals surface area contributed by atoms with Crippen molar-refractivity contribution in [2.45, 2.75) is 13.0 Å². The van der Waals surface area contributed by atoms with E-state index in [0.29, 0.717) is 6.54 Å². The van der Waals surface area contributed by atoms with Gasteiger partial charge in [-0.15, -0.1) is 0 Å². The number of halogens is 2. The van der Waals surface area contributed by atoms with Gasteiger partial charge in [-0.05, 0) is 12.5 Å². The van der Waals surface area contributed by atoms with Gasteiger partial charge >= 0.3 is 0 Å². The highest BCUT2D eigenvalue weighted by Crippen LogP contribution is 2.33. The molecule has 0 spiro atoms. The Morgan fingerprint density at radius 3 is 2.84 bits per heavy atom. The van der Waals surface area contributed by atoms with Crippen molar-refractivity contribution < 1.29 is 4.39 Å². The van der Waals surface area contributed by atoms with Gasteiger partial charge in [-0.2, -0.15) is 0 Å². The van der Waals surface area contributed by atoms with Crippen LogP contribution in [0, 0.1) is 5.82 Å². The summed E-state index contributed by atoms with van der Waals surface area (Å²) in [7, 11) is 0. The highest BCUT2D eigenvalue weighted by molar-refractivity contribution is 6.33. The number of nitrogens with one attached hydrogen (secondary N) is 1. The lowest BCUT2D eigenvalue weighted by atomic mass is 10.2. The van der Waals surface area contributed by atoms with Crippen LogP contribution < -0.4 is 16.8 Å². The number of nitrogen functional groups attached to an aromatic ring is 2. The van der Waals surface area contributed by atoms with Crippen molar-refractivity contribution in [2.75, 3.05) is 23.3 Å². The van der Waals surface area contributed by atoms with Crippen molar-refractivity contribution in [3.63, 3.8) is 0 Å². The molecule has 1 aromatic heterocycles. The number of aromatic nitrogens is 2. The fraction of sp³-hybridized carbons (Fsp3) is 0.250. The van der Waals surface area contributed by atoms with Crippen molar-refractivity contribution in [1.82, 2.24) is 9.55 Å². The first-order valence-corrected chi connectivity index (χ1v) is 6.20. The summed E-state index contributed by atoms with van der Waals surface area (Å²) in [6.45, 7) is 1.36. The van der Waals surface area contributed by atoms with Crippen molar-refractivity contribution in [3.8, 4) is 0 Å². The van der Waals surface area contributed by atoms with E-state index in [1.165, 1.54) is 6.07 Å². The number of hydrogen-bond acceptors (Lipinski definition) is 4. The molecule has 19 heavy (non-hydrogen) atoms. The summed E-state index contributed by atoms with van der Waals surface area (Å²) in [4.78, 5) is 3.94. The van der Waals surface area contributed by atoms with Crippen LogP contribution in [0.4, 0.5) is 21.5 Å². The molecule has 7 heteroatoms. The first kappa shape index (κ1) is 13.5. The first-order chi connectivity index (χ1) is 9.09. The standard InChI is InChI=1S/C12H15ClFN5/c13-10-8(15)6-9(16)12(11(10)14)18-2-1-4-19-5-3-17-7-19/h3,5-7,18H,1-2,4,15-16H2. The van der Waals surface area contributed by atoms with Gasteiger partial charge < -0.3 is 21.4 Å². The van der Waals surface area contributed by atoms with E-state index in [4.69, 9.17) is 23.1 Å². The molecule has 0 aliphatic rings. The molecule has 0 atom stereocenters. The van der Waals surface area contributed by atoms with E-state index in [0.717, 1.165) is 13.0 Å². The van der Waals surface area contributed by atoms with E-state index in [9.17, 15) is 4.39 Å². The van der Waals surface area contributed by atoms with Crippen LogP contribution in [0.2, 0.25) is 5.02 Å². The monoisotopic (exact) mass is 283 g/mol. The predicted octanol–water partition coefficient (Wildman–Crippen LogP) is 2.34. The van der Waals surface area contributed by atoms with Gasteiger partial charge in [0.25, 0.3) is 0 Å². The molecule has 2 aromatic rings. The SMILES string of the molecule is Nc1cc(N)c(NCCCn2ccnc2)c(F)c1Cl. The molecule has 0 saturated carbocycles. The molecular formula is C12H15ClFN5. The number of imidazole rings is 1. The third-order valence-electron chi connectivity index (χ3n) is 2.72. The predicted molar refractivity (Wildman–Crippen MR) is 75.6 cm³/mol. The Labute approximate surface area is 115 Å². The Hall–Kier alpha value is -1.95. The number of hydrogen-bond donors (Lipinski definition) is 3. The number of nitrogens with two attached hydrogens (primary N) is 2. The van der Waals surface area contributed by atoms with Crippen LogP contribution in [0.15, 0.2) is 24.8 Å². The van der Waals surface area contributed by atoms with Crippen molar-refractivity contribution in [2.24, 2.45) is 0 Å². The molecule has 0 amide bonds. The Morgan fingerprint density at radius 2 is 2.16 bits per heavy atom. The number of benzene rings is 1. The molecule has 102 valence electrons. The fourth-order valence-corrected chi connectivity index (χ4v) is 1.89. The minimum absolute atomic E-state index is 0.105. The summed E-state index contributed by atoms with van der Waals surface area (Å²) < 4.78 is 15.8. The van der Waals surface area contributed by atoms with Crippen LogP contribution in [0.1, 0.15) is 6.42 Å². The van der Waals surface area contributed by atoms with Crippen molar-refractivity contribution >= 4 is 28.7 Å².